The fourth-order valence-electron chi connectivity index (χ4n) is 3.57. The number of likely N-dealkylation sites (N-methyl/N-ethyl adjacent to an activating group) is 1. The standard InChI is InChI=1S/C13H25N3O/c1-15-11-2-3-12(15)9-16(6-4-11)10-13-8-14-5-7-17-13/h11-14H,2-10H2,1H3. The summed E-state index contributed by atoms with van der Waals surface area (Å²) in [5.41, 5.74) is 0. The summed E-state index contributed by atoms with van der Waals surface area (Å²) in [4.78, 5) is 5.23. The number of morpholine rings is 1. The van der Waals surface area contributed by atoms with Crippen LogP contribution in [0.25, 0.3) is 0 Å². The molecule has 4 heteroatoms. The molecule has 1 N–H and O–H groups in total. The smallest absolute Gasteiger partial charge is 0.0826 e. The molecule has 0 aromatic heterocycles. The highest BCUT2D eigenvalue weighted by Crippen LogP contribution is 2.28. The van der Waals surface area contributed by atoms with Crippen molar-refractivity contribution in [3.63, 3.8) is 0 Å². The average molecular weight is 239 g/mol. The number of hydrogen-bond donors (Lipinski definition) is 1. The molecule has 0 saturated carbocycles. The highest BCUT2D eigenvalue weighted by molar-refractivity contribution is 4.91. The molecule has 3 aliphatic heterocycles. The van der Waals surface area contributed by atoms with Crippen LogP contribution in [-0.4, -0.2) is 74.4 Å². The van der Waals surface area contributed by atoms with Crippen molar-refractivity contribution in [2.75, 3.05) is 46.4 Å². The van der Waals surface area contributed by atoms with E-state index in [1.165, 1.54) is 32.4 Å². The monoisotopic (exact) mass is 239 g/mol. The zero-order valence-corrected chi connectivity index (χ0v) is 10.9. The molecule has 3 atom stereocenters. The number of nitrogens with zero attached hydrogens (tertiary/aromatic N) is 2. The quantitative estimate of drug-likeness (QED) is 0.742. The molecular weight excluding hydrogens is 214 g/mol. The summed E-state index contributed by atoms with van der Waals surface area (Å²) in [6, 6.07) is 1.63. The van der Waals surface area contributed by atoms with E-state index in [1.54, 1.807) is 0 Å². The van der Waals surface area contributed by atoms with Crippen molar-refractivity contribution in [2.45, 2.75) is 37.5 Å². The average Bonchev–Trinajstić information content (AvgIpc) is 2.59. The van der Waals surface area contributed by atoms with Crippen molar-refractivity contribution in [3.8, 4) is 0 Å². The van der Waals surface area contributed by atoms with Gasteiger partial charge in [-0.05, 0) is 32.9 Å². The first-order valence-electron chi connectivity index (χ1n) is 7.09. The minimum absolute atomic E-state index is 0.408. The lowest BCUT2D eigenvalue weighted by Gasteiger charge is -2.31. The first kappa shape index (κ1) is 11.9. The maximum absolute atomic E-state index is 5.81. The van der Waals surface area contributed by atoms with Crippen molar-refractivity contribution in [2.24, 2.45) is 0 Å². The van der Waals surface area contributed by atoms with Crippen LogP contribution in [0.3, 0.4) is 0 Å². The van der Waals surface area contributed by atoms with Gasteiger partial charge in [0, 0.05) is 38.3 Å². The Balaban J connectivity index is 1.54. The Morgan fingerprint density at radius 2 is 2.12 bits per heavy atom. The van der Waals surface area contributed by atoms with Gasteiger partial charge in [-0.25, -0.2) is 0 Å². The number of hydrogen-bond acceptors (Lipinski definition) is 4. The molecule has 3 unspecified atom stereocenters. The molecule has 17 heavy (non-hydrogen) atoms. The van der Waals surface area contributed by atoms with Crippen LogP contribution in [0.4, 0.5) is 0 Å². The number of fused-ring (bicyclic) bond motifs is 2. The maximum Gasteiger partial charge on any atom is 0.0826 e. The van der Waals surface area contributed by atoms with Gasteiger partial charge in [-0.1, -0.05) is 0 Å². The van der Waals surface area contributed by atoms with Crippen LogP contribution in [0.1, 0.15) is 19.3 Å². The van der Waals surface area contributed by atoms with Crippen LogP contribution in [0.5, 0.6) is 0 Å². The SMILES string of the molecule is CN1C2CCC1CN(CC1CNCCO1)CC2. The molecule has 0 spiro atoms. The lowest BCUT2D eigenvalue weighted by molar-refractivity contribution is 0.00421. The van der Waals surface area contributed by atoms with Gasteiger partial charge in [-0.2, -0.15) is 0 Å². The van der Waals surface area contributed by atoms with E-state index in [2.05, 4.69) is 22.2 Å². The van der Waals surface area contributed by atoms with Crippen molar-refractivity contribution in [1.82, 2.24) is 15.1 Å². The van der Waals surface area contributed by atoms with Crippen LogP contribution < -0.4 is 5.32 Å². The normalized spacial score (nSPS) is 40.4. The van der Waals surface area contributed by atoms with Crippen molar-refractivity contribution in [3.05, 3.63) is 0 Å². The molecule has 0 aromatic rings. The molecular formula is C13H25N3O. The number of rotatable bonds is 2. The molecule has 3 fully saturated rings. The third-order valence-electron chi connectivity index (χ3n) is 4.70. The van der Waals surface area contributed by atoms with E-state index in [0.717, 1.165) is 38.3 Å². The van der Waals surface area contributed by atoms with Gasteiger partial charge in [0.05, 0.1) is 12.7 Å². The maximum atomic E-state index is 5.81. The van der Waals surface area contributed by atoms with Gasteiger partial charge in [-0.15, -0.1) is 0 Å². The third kappa shape index (κ3) is 2.65. The summed E-state index contributed by atoms with van der Waals surface area (Å²) in [6.07, 6.45) is 4.55. The van der Waals surface area contributed by atoms with Gasteiger partial charge >= 0.3 is 0 Å². The lowest BCUT2D eigenvalue weighted by Crippen LogP contribution is -2.47. The Morgan fingerprint density at radius 1 is 1.24 bits per heavy atom. The number of ether oxygens (including phenoxy) is 1. The second kappa shape index (κ2) is 5.22. The fraction of sp³-hybridized carbons (Fsp3) is 1.00. The van der Waals surface area contributed by atoms with Crippen molar-refractivity contribution >= 4 is 0 Å². The molecule has 2 bridgehead atoms. The molecule has 0 radical (unpaired) electrons. The summed E-state index contributed by atoms with van der Waals surface area (Å²) in [5.74, 6) is 0. The minimum Gasteiger partial charge on any atom is -0.374 e. The molecule has 3 rings (SSSR count). The molecule has 0 amide bonds. The zero-order valence-electron chi connectivity index (χ0n) is 10.9. The summed E-state index contributed by atoms with van der Waals surface area (Å²) in [7, 11) is 2.31. The second-order valence-electron chi connectivity index (χ2n) is 5.80. The fourth-order valence-corrected chi connectivity index (χ4v) is 3.57. The Labute approximate surface area is 104 Å². The van der Waals surface area contributed by atoms with Gasteiger partial charge in [0.15, 0.2) is 0 Å². The Morgan fingerprint density at radius 3 is 2.94 bits per heavy atom. The van der Waals surface area contributed by atoms with Gasteiger partial charge in [0.2, 0.25) is 0 Å². The predicted octanol–water partition coefficient (Wildman–Crippen LogP) is 0.143. The Hall–Kier alpha value is -0.160. The molecule has 98 valence electrons. The van der Waals surface area contributed by atoms with Crippen LogP contribution >= 0.6 is 0 Å². The predicted molar refractivity (Wildman–Crippen MR) is 68.2 cm³/mol. The molecule has 3 saturated heterocycles. The molecule has 4 nitrogen and oxygen atoms in total. The van der Waals surface area contributed by atoms with E-state index in [-0.39, 0.29) is 0 Å². The molecule has 0 aliphatic carbocycles. The van der Waals surface area contributed by atoms with Gasteiger partial charge < -0.3 is 10.1 Å². The topological polar surface area (TPSA) is 27.7 Å². The molecule has 3 heterocycles. The highest BCUT2D eigenvalue weighted by atomic mass is 16.5. The van der Waals surface area contributed by atoms with E-state index in [0.29, 0.717) is 6.10 Å². The Bertz CT molecular complexity index is 255. The van der Waals surface area contributed by atoms with E-state index in [1.807, 2.05) is 0 Å². The van der Waals surface area contributed by atoms with Crippen molar-refractivity contribution < 1.29 is 4.74 Å². The second-order valence-corrected chi connectivity index (χ2v) is 5.80. The van der Waals surface area contributed by atoms with E-state index in [4.69, 9.17) is 4.74 Å². The van der Waals surface area contributed by atoms with Crippen molar-refractivity contribution in [1.29, 1.82) is 0 Å². The number of likely N-dealkylation sites (tertiary alicyclic amines) is 1. The number of nitrogens with one attached hydrogen (secondary N) is 1. The summed E-state index contributed by atoms with van der Waals surface area (Å²) in [6.45, 7) is 6.54. The van der Waals surface area contributed by atoms with Crippen LogP contribution in [0, 0.1) is 0 Å². The first-order valence-corrected chi connectivity index (χ1v) is 7.09. The summed E-state index contributed by atoms with van der Waals surface area (Å²) in [5, 5.41) is 3.42. The van der Waals surface area contributed by atoms with Crippen LogP contribution in [0.2, 0.25) is 0 Å². The van der Waals surface area contributed by atoms with Gasteiger partial charge in [0.1, 0.15) is 0 Å². The first-order chi connectivity index (χ1) is 8.33. The molecule has 3 aliphatic rings. The highest BCUT2D eigenvalue weighted by Gasteiger charge is 2.35. The van der Waals surface area contributed by atoms with E-state index < -0.39 is 0 Å². The lowest BCUT2D eigenvalue weighted by atomic mass is 10.1. The van der Waals surface area contributed by atoms with Gasteiger partial charge in [-0.3, -0.25) is 9.80 Å². The Kier molecular flexibility index (Phi) is 3.66. The largest absolute Gasteiger partial charge is 0.374 e. The minimum atomic E-state index is 0.408. The van der Waals surface area contributed by atoms with Gasteiger partial charge in [0.25, 0.3) is 0 Å². The van der Waals surface area contributed by atoms with Crippen LogP contribution in [-0.2, 0) is 4.74 Å². The molecule has 0 aromatic carbocycles. The third-order valence-corrected chi connectivity index (χ3v) is 4.70. The van der Waals surface area contributed by atoms with E-state index >= 15 is 0 Å². The van der Waals surface area contributed by atoms with E-state index in [9.17, 15) is 0 Å². The summed E-state index contributed by atoms with van der Waals surface area (Å²) >= 11 is 0. The van der Waals surface area contributed by atoms with Crippen LogP contribution in [0.15, 0.2) is 0 Å². The zero-order chi connectivity index (χ0) is 11.7. The summed E-state index contributed by atoms with van der Waals surface area (Å²) < 4.78 is 5.81.